The lowest BCUT2D eigenvalue weighted by atomic mass is 10.2. The van der Waals surface area contributed by atoms with Gasteiger partial charge in [-0.15, -0.1) is 23.1 Å². The molecule has 0 aliphatic heterocycles. The van der Waals surface area contributed by atoms with Crippen molar-refractivity contribution in [3.05, 3.63) is 59.0 Å². The third-order valence-corrected chi connectivity index (χ3v) is 5.36. The van der Waals surface area contributed by atoms with E-state index in [9.17, 15) is 0 Å². The molecular formula is C16H15NS2. The number of fused-ring (bicyclic) bond motifs is 1. The van der Waals surface area contributed by atoms with Crippen LogP contribution in [0.15, 0.2) is 52.7 Å². The summed E-state index contributed by atoms with van der Waals surface area (Å²) in [5, 5.41) is 3.62. The first kappa shape index (κ1) is 12.6. The maximum atomic E-state index is 6.12. The first-order valence-electron chi connectivity index (χ1n) is 6.18. The van der Waals surface area contributed by atoms with Gasteiger partial charge in [-0.25, -0.2) is 0 Å². The third-order valence-electron chi connectivity index (χ3n) is 3.23. The van der Waals surface area contributed by atoms with Gasteiger partial charge in [0.15, 0.2) is 0 Å². The van der Waals surface area contributed by atoms with Crippen LogP contribution in [-0.4, -0.2) is 0 Å². The van der Waals surface area contributed by atoms with Crippen LogP contribution in [0.3, 0.4) is 0 Å². The predicted octanol–water partition coefficient (Wildman–Crippen LogP) is 5.08. The molecule has 0 saturated heterocycles. The van der Waals surface area contributed by atoms with Crippen molar-refractivity contribution in [3.8, 4) is 0 Å². The van der Waals surface area contributed by atoms with Gasteiger partial charge in [0, 0.05) is 21.0 Å². The van der Waals surface area contributed by atoms with E-state index in [1.165, 1.54) is 20.5 Å². The maximum Gasteiger partial charge on any atom is 0.0482 e. The van der Waals surface area contributed by atoms with Crippen LogP contribution >= 0.6 is 23.1 Å². The first-order valence-corrected chi connectivity index (χ1v) is 8.05. The van der Waals surface area contributed by atoms with Gasteiger partial charge in [-0.05, 0) is 40.9 Å². The second-order valence-electron chi connectivity index (χ2n) is 4.53. The summed E-state index contributed by atoms with van der Waals surface area (Å²) in [4.78, 5) is 1.18. The van der Waals surface area contributed by atoms with Crippen molar-refractivity contribution in [2.45, 2.75) is 17.6 Å². The summed E-state index contributed by atoms with van der Waals surface area (Å²) in [5.74, 6) is 0.970. The van der Waals surface area contributed by atoms with Gasteiger partial charge in [-0.2, -0.15) is 0 Å². The van der Waals surface area contributed by atoms with Gasteiger partial charge < -0.3 is 5.73 Å². The molecule has 0 amide bonds. The molecule has 0 aliphatic rings. The fourth-order valence-corrected chi connectivity index (χ4v) is 4.19. The molecule has 2 aromatic carbocycles. The van der Waals surface area contributed by atoms with E-state index in [0.29, 0.717) is 0 Å². The molecule has 0 unspecified atom stereocenters. The number of nitrogens with two attached hydrogens (primary N) is 1. The number of anilines is 1. The molecule has 19 heavy (non-hydrogen) atoms. The predicted molar refractivity (Wildman–Crippen MR) is 87.0 cm³/mol. The Morgan fingerprint density at radius 2 is 1.95 bits per heavy atom. The fraction of sp³-hybridized carbons (Fsp3) is 0.125. The van der Waals surface area contributed by atoms with Gasteiger partial charge in [0.1, 0.15) is 0 Å². The number of para-hydroxylation sites is 1. The molecule has 3 aromatic rings. The van der Waals surface area contributed by atoms with Crippen molar-refractivity contribution in [2.75, 3.05) is 5.73 Å². The number of aryl methyl sites for hydroxylation is 1. The minimum atomic E-state index is 0.909. The van der Waals surface area contributed by atoms with Crippen LogP contribution in [0.4, 0.5) is 5.69 Å². The molecule has 0 spiro atoms. The van der Waals surface area contributed by atoms with E-state index in [-0.39, 0.29) is 0 Å². The summed E-state index contributed by atoms with van der Waals surface area (Å²) < 4.78 is 1.36. The molecule has 3 heteroatoms. The first-order chi connectivity index (χ1) is 9.25. The van der Waals surface area contributed by atoms with Gasteiger partial charge in [-0.3, -0.25) is 0 Å². The minimum Gasteiger partial charge on any atom is -0.398 e. The molecule has 0 saturated carbocycles. The van der Waals surface area contributed by atoms with Crippen molar-refractivity contribution >= 4 is 38.9 Å². The Hall–Kier alpha value is -1.45. The zero-order valence-electron chi connectivity index (χ0n) is 10.7. The van der Waals surface area contributed by atoms with E-state index in [1.54, 1.807) is 0 Å². The highest BCUT2D eigenvalue weighted by Gasteiger charge is 2.06. The summed E-state index contributed by atoms with van der Waals surface area (Å²) in [6, 6.07) is 14.8. The highest BCUT2D eigenvalue weighted by molar-refractivity contribution is 7.98. The number of benzene rings is 2. The van der Waals surface area contributed by atoms with Gasteiger partial charge >= 0.3 is 0 Å². The van der Waals surface area contributed by atoms with E-state index < -0.39 is 0 Å². The Kier molecular flexibility index (Phi) is 3.49. The average Bonchev–Trinajstić information content (AvgIpc) is 2.84. The summed E-state index contributed by atoms with van der Waals surface area (Å²) in [6.45, 7) is 2.05. The average molecular weight is 285 g/mol. The Morgan fingerprint density at radius 3 is 2.84 bits per heavy atom. The molecule has 1 heterocycles. The van der Waals surface area contributed by atoms with E-state index in [2.05, 4.69) is 54.8 Å². The molecular weight excluding hydrogens is 270 g/mol. The van der Waals surface area contributed by atoms with Crippen molar-refractivity contribution in [3.63, 3.8) is 0 Å². The smallest absolute Gasteiger partial charge is 0.0482 e. The quantitative estimate of drug-likeness (QED) is 0.536. The third kappa shape index (κ3) is 2.48. The molecule has 0 atom stereocenters. The summed E-state index contributed by atoms with van der Waals surface area (Å²) >= 11 is 3.63. The van der Waals surface area contributed by atoms with E-state index >= 15 is 0 Å². The summed E-state index contributed by atoms with van der Waals surface area (Å²) in [7, 11) is 0. The van der Waals surface area contributed by atoms with E-state index in [1.807, 2.05) is 23.1 Å². The topological polar surface area (TPSA) is 26.0 Å². The number of nitrogen functional groups attached to an aromatic ring is 1. The van der Waals surface area contributed by atoms with Crippen molar-refractivity contribution in [2.24, 2.45) is 0 Å². The normalized spacial score (nSPS) is 11.0. The van der Waals surface area contributed by atoms with Crippen LogP contribution in [0, 0.1) is 6.92 Å². The Balaban J connectivity index is 1.84. The maximum absolute atomic E-state index is 6.12. The molecule has 0 radical (unpaired) electrons. The second kappa shape index (κ2) is 5.27. The largest absolute Gasteiger partial charge is 0.398 e. The Bertz CT molecular complexity index is 716. The number of hydrogen-bond donors (Lipinski definition) is 1. The zero-order chi connectivity index (χ0) is 13.2. The molecule has 0 aliphatic carbocycles. The van der Waals surface area contributed by atoms with Gasteiger partial charge in [-0.1, -0.05) is 30.3 Å². The van der Waals surface area contributed by atoms with E-state index in [0.717, 1.165) is 17.0 Å². The molecule has 1 nitrogen and oxygen atoms in total. The van der Waals surface area contributed by atoms with Crippen molar-refractivity contribution in [1.82, 2.24) is 0 Å². The van der Waals surface area contributed by atoms with Crippen LogP contribution < -0.4 is 5.73 Å². The molecule has 0 fully saturated rings. The number of rotatable bonds is 3. The lowest BCUT2D eigenvalue weighted by Gasteiger charge is -2.07. The van der Waals surface area contributed by atoms with E-state index in [4.69, 9.17) is 5.73 Å². The van der Waals surface area contributed by atoms with Crippen LogP contribution in [0.2, 0.25) is 0 Å². The molecule has 96 valence electrons. The van der Waals surface area contributed by atoms with Gasteiger partial charge in [0.05, 0.1) is 0 Å². The highest BCUT2D eigenvalue weighted by Crippen LogP contribution is 2.34. The standard InChI is InChI=1S/C16H15NS2/c1-11-5-4-8-15(16(11)17)19-10-12-9-18-14-7-3-2-6-13(12)14/h2-9H,10,17H2,1H3. The molecule has 0 bridgehead atoms. The molecule has 2 N–H and O–H groups in total. The number of thioether (sulfide) groups is 1. The molecule has 3 rings (SSSR count). The monoisotopic (exact) mass is 285 g/mol. The number of thiophene rings is 1. The Labute approximate surface area is 121 Å². The van der Waals surface area contributed by atoms with Crippen LogP contribution in [-0.2, 0) is 5.75 Å². The highest BCUT2D eigenvalue weighted by atomic mass is 32.2. The lowest BCUT2D eigenvalue weighted by molar-refractivity contribution is 1.35. The van der Waals surface area contributed by atoms with Crippen molar-refractivity contribution in [1.29, 1.82) is 0 Å². The molecule has 1 aromatic heterocycles. The number of hydrogen-bond acceptors (Lipinski definition) is 3. The van der Waals surface area contributed by atoms with Crippen LogP contribution in [0.5, 0.6) is 0 Å². The van der Waals surface area contributed by atoms with Crippen molar-refractivity contribution < 1.29 is 0 Å². The SMILES string of the molecule is Cc1cccc(SCc2csc3ccccc23)c1N. The van der Waals surface area contributed by atoms with Gasteiger partial charge in [0.2, 0.25) is 0 Å². The second-order valence-corrected chi connectivity index (χ2v) is 6.46. The van der Waals surface area contributed by atoms with Gasteiger partial charge in [0.25, 0.3) is 0 Å². The summed E-state index contributed by atoms with van der Waals surface area (Å²) in [6.07, 6.45) is 0. The zero-order valence-corrected chi connectivity index (χ0v) is 12.4. The summed E-state index contributed by atoms with van der Waals surface area (Å²) in [5.41, 5.74) is 9.57. The van der Waals surface area contributed by atoms with Crippen LogP contribution in [0.1, 0.15) is 11.1 Å². The minimum absolute atomic E-state index is 0.909. The lowest BCUT2D eigenvalue weighted by Crippen LogP contribution is -1.92. The van der Waals surface area contributed by atoms with Crippen LogP contribution in [0.25, 0.3) is 10.1 Å². The Morgan fingerprint density at radius 1 is 1.11 bits per heavy atom. The fourth-order valence-electron chi connectivity index (χ4n) is 2.08.